The van der Waals surface area contributed by atoms with Crippen molar-refractivity contribution in [2.24, 2.45) is 0 Å². The summed E-state index contributed by atoms with van der Waals surface area (Å²) in [6, 6.07) is 5.17. The molecule has 1 unspecified atom stereocenters. The Morgan fingerprint density at radius 2 is 2.00 bits per heavy atom. The van der Waals surface area contributed by atoms with Gasteiger partial charge in [0.1, 0.15) is 0 Å². The normalized spacial score (nSPS) is 23.2. The molecule has 0 bridgehead atoms. The summed E-state index contributed by atoms with van der Waals surface area (Å²) in [4.78, 5) is 28.1. The first-order valence-electron chi connectivity index (χ1n) is 6.54. The van der Waals surface area contributed by atoms with Crippen LogP contribution in [0.4, 0.5) is 5.69 Å². The Hall–Kier alpha value is -1.88. The van der Waals surface area contributed by atoms with Gasteiger partial charge in [-0.3, -0.25) is 14.5 Å². The molecule has 0 radical (unpaired) electrons. The molecule has 19 heavy (non-hydrogen) atoms. The van der Waals surface area contributed by atoms with E-state index in [2.05, 4.69) is 4.90 Å². The van der Waals surface area contributed by atoms with Gasteiger partial charge in [0, 0.05) is 18.3 Å². The number of fused-ring (bicyclic) bond motifs is 1. The minimum Gasteiger partial charge on any atom is -0.399 e. The van der Waals surface area contributed by atoms with Gasteiger partial charge < -0.3 is 10.6 Å². The quantitative estimate of drug-likeness (QED) is 0.634. The summed E-state index contributed by atoms with van der Waals surface area (Å²) in [7, 11) is 2.04. The van der Waals surface area contributed by atoms with E-state index in [-0.39, 0.29) is 17.9 Å². The maximum atomic E-state index is 12.3. The van der Waals surface area contributed by atoms with Crippen LogP contribution in [0.25, 0.3) is 0 Å². The van der Waals surface area contributed by atoms with Gasteiger partial charge in [-0.25, -0.2) is 0 Å². The lowest BCUT2D eigenvalue weighted by Crippen LogP contribution is -2.41. The summed E-state index contributed by atoms with van der Waals surface area (Å²) in [5.74, 6) is -0.409. The van der Waals surface area contributed by atoms with Gasteiger partial charge in [0.25, 0.3) is 11.8 Å². The van der Waals surface area contributed by atoms with Crippen LogP contribution in [0.5, 0.6) is 0 Å². The van der Waals surface area contributed by atoms with Crippen LogP contribution in [0, 0.1) is 0 Å². The van der Waals surface area contributed by atoms with Crippen LogP contribution >= 0.6 is 0 Å². The number of carbonyl (C=O) groups excluding carboxylic acids is 2. The molecule has 0 spiro atoms. The molecule has 2 N–H and O–H groups in total. The monoisotopic (exact) mass is 259 g/mol. The van der Waals surface area contributed by atoms with E-state index in [9.17, 15) is 9.59 Å². The van der Waals surface area contributed by atoms with Crippen molar-refractivity contribution >= 4 is 17.5 Å². The van der Waals surface area contributed by atoms with Gasteiger partial charge in [-0.05, 0) is 44.6 Å². The highest BCUT2D eigenvalue weighted by Gasteiger charge is 2.38. The maximum absolute atomic E-state index is 12.3. The molecule has 1 atom stereocenters. The van der Waals surface area contributed by atoms with Gasteiger partial charge >= 0.3 is 0 Å². The van der Waals surface area contributed by atoms with Crippen molar-refractivity contribution in [3.63, 3.8) is 0 Å². The first-order valence-corrected chi connectivity index (χ1v) is 6.54. The molecule has 2 heterocycles. The number of carbonyl (C=O) groups is 2. The van der Waals surface area contributed by atoms with E-state index in [1.54, 1.807) is 18.2 Å². The summed E-state index contributed by atoms with van der Waals surface area (Å²) < 4.78 is 0. The molecule has 5 nitrogen and oxygen atoms in total. The summed E-state index contributed by atoms with van der Waals surface area (Å²) in [5.41, 5.74) is 7.10. The summed E-state index contributed by atoms with van der Waals surface area (Å²) in [6.07, 6.45) is 2.16. The second kappa shape index (κ2) is 4.35. The maximum Gasteiger partial charge on any atom is 0.261 e. The SMILES string of the molecule is CN1CCCC1CN1C(=O)c2ccc(N)cc2C1=O. The zero-order valence-electron chi connectivity index (χ0n) is 10.9. The lowest BCUT2D eigenvalue weighted by Gasteiger charge is -2.24. The fraction of sp³-hybridized carbons (Fsp3) is 0.429. The van der Waals surface area contributed by atoms with Crippen LogP contribution in [0.15, 0.2) is 18.2 Å². The molecule has 5 heteroatoms. The van der Waals surface area contributed by atoms with E-state index in [1.165, 1.54) is 4.90 Å². The molecule has 3 rings (SSSR count). The van der Waals surface area contributed by atoms with E-state index in [4.69, 9.17) is 5.73 Å². The van der Waals surface area contributed by atoms with E-state index >= 15 is 0 Å². The second-order valence-corrected chi connectivity index (χ2v) is 5.30. The molecule has 0 aliphatic carbocycles. The van der Waals surface area contributed by atoms with Gasteiger partial charge in [-0.1, -0.05) is 0 Å². The predicted octanol–water partition coefficient (Wildman–Crippen LogP) is 0.959. The second-order valence-electron chi connectivity index (χ2n) is 5.30. The Bertz CT molecular complexity index is 556. The lowest BCUT2D eigenvalue weighted by atomic mass is 10.1. The molecule has 1 saturated heterocycles. The fourth-order valence-corrected chi connectivity index (χ4v) is 2.89. The molecule has 100 valence electrons. The van der Waals surface area contributed by atoms with E-state index in [1.807, 2.05) is 7.05 Å². The van der Waals surface area contributed by atoms with Crippen LogP contribution in [0.1, 0.15) is 33.6 Å². The number of nitrogen functional groups attached to an aromatic ring is 1. The number of anilines is 1. The Labute approximate surface area is 112 Å². The molecule has 2 amide bonds. The Morgan fingerprint density at radius 1 is 1.26 bits per heavy atom. The number of imide groups is 1. The summed E-state index contributed by atoms with van der Waals surface area (Å²) >= 11 is 0. The standard InChI is InChI=1S/C14H17N3O2/c1-16-6-2-3-10(16)8-17-13(18)11-5-4-9(15)7-12(11)14(17)19/h4-5,7,10H,2-3,6,8,15H2,1H3. The van der Waals surface area contributed by atoms with Gasteiger partial charge in [-0.2, -0.15) is 0 Å². The summed E-state index contributed by atoms with van der Waals surface area (Å²) in [5, 5.41) is 0. The van der Waals surface area contributed by atoms with Crippen LogP contribution < -0.4 is 5.73 Å². The number of likely N-dealkylation sites (N-methyl/N-ethyl adjacent to an activating group) is 1. The van der Waals surface area contributed by atoms with Crippen LogP contribution in [-0.2, 0) is 0 Å². The number of hydrogen-bond acceptors (Lipinski definition) is 4. The van der Waals surface area contributed by atoms with Gasteiger partial charge in [0.2, 0.25) is 0 Å². The zero-order valence-corrected chi connectivity index (χ0v) is 10.9. The molecule has 0 aromatic heterocycles. The van der Waals surface area contributed by atoms with Crippen LogP contribution in [-0.4, -0.2) is 47.8 Å². The number of hydrogen-bond donors (Lipinski definition) is 1. The molecule has 2 aliphatic heterocycles. The molecule has 0 saturated carbocycles. The van der Waals surface area contributed by atoms with Gasteiger partial charge in [0.05, 0.1) is 11.1 Å². The first-order chi connectivity index (χ1) is 9.08. The van der Waals surface area contributed by atoms with Crippen molar-refractivity contribution in [3.8, 4) is 0 Å². The fourth-order valence-electron chi connectivity index (χ4n) is 2.89. The lowest BCUT2D eigenvalue weighted by molar-refractivity contribution is 0.0618. The third-order valence-corrected chi connectivity index (χ3v) is 4.06. The smallest absolute Gasteiger partial charge is 0.261 e. The minimum atomic E-state index is -0.215. The highest BCUT2D eigenvalue weighted by Crippen LogP contribution is 2.26. The molecular formula is C14H17N3O2. The van der Waals surface area contributed by atoms with Crippen LogP contribution in [0.3, 0.4) is 0 Å². The number of nitrogens with zero attached hydrogens (tertiary/aromatic N) is 2. The predicted molar refractivity (Wildman–Crippen MR) is 71.9 cm³/mol. The first kappa shape index (κ1) is 12.2. The number of nitrogens with two attached hydrogens (primary N) is 1. The largest absolute Gasteiger partial charge is 0.399 e. The van der Waals surface area contributed by atoms with Crippen molar-refractivity contribution in [1.82, 2.24) is 9.80 Å². The molecule has 1 aromatic rings. The highest BCUT2D eigenvalue weighted by molar-refractivity contribution is 6.21. The highest BCUT2D eigenvalue weighted by atomic mass is 16.2. The average molecular weight is 259 g/mol. The van der Waals surface area contributed by atoms with E-state index in [0.717, 1.165) is 19.4 Å². The van der Waals surface area contributed by atoms with Crippen molar-refractivity contribution in [2.75, 3.05) is 25.9 Å². The van der Waals surface area contributed by atoms with Gasteiger partial charge in [0.15, 0.2) is 0 Å². The number of benzene rings is 1. The number of rotatable bonds is 2. The Kier molecular flexibility index (Phi) is 2.78. The topological polar surface area (TPSA) is 66.6 Å². The Balaban J connectivity index is 1.86. The van der Waals surface area contributed by atoms with Gasteiger partial charge in [-0.15, -0.1) is 0 Å². The van der Waals surface area contributed by atoms with E-state index in [0.29, 0.717) is 23.4 Å². The molecule has 2 aliphatic rings. The van der Waals surface area contributed by atoms with Crippen LogP contribution in [0.2, 0.25) is 0 Å². The molecule has 1 aromatic carbocycles. The molecule has 1 fully saturated rings. The van der Waals surface area contributed by atoms with Crippen molar-refractivity contribution < 1.29 is 9.59 Å². The molecular weight excluding hydrogens is 242 g/mol. The van der Waals surface area contributed by atoms with Crippen molar-refractivity contribution in [3.05, 3.63) is 29.3 Å². The number of likely N-dealkylation sites (tertiary alicyclic amines) is 1. The average Bonchev–Trinajstić information content (AvgIpc) is 2.88. The minimum absolute atomic E-state index is 0.194. The van der Waals surface area contributed by atoms with Crippen molar-refractivity contribution in [1.29, 1.82) is 0 Å². The third kappa shape index (κ3) is 1.90. The zero-order chi connectivity index (χ0) is 13.6. The van der Waals surface area contributed by atoms with E-state index < -0.39 is 0 Å². The summed E-state index contributed by atoms with van der Waals surface area (Å²) in [6.45, 7) is 1.50. The number of amides is 2. The van der Waals surface area contributed by atoms with Crippen molar-refractivity contribution in [2.45, 2.75) is 18.9 Å². The third-order valence-electron chi connectivity index (χ3n) is 4.06. The Morgan fingerprint density at radius 3 is 2.68 bits per heavy atom.